The van der Waals surface area contributed by atoms with Crippen LogP contribution in [0.2, 0.25) is 0 Å². The predicted molar refractivity (Wildman–Crippen MR) is 71.3 cm³/mol. The molecule has 2 atom stereocenters. The van der Waals surface area contributed by atoms with Gasteiger partial charge < -0.3 is 5.32 Å². The summed E-state index contributed by atoms with van der Waals surface area (Å²) in [6, 6.07) is 6.84. The molecule has 20 heavy (non-hydrogen) atoms. The SMILES string of the molecule is Cc1ccccc1[C@@H](C)NC(C)C(=O)NCC(F)(F)F. The van der Waals surface area contributed by atoms with Gasteiger partial charge in [0.1, 0.15) is 6.54 Å². The summed E-state index contributed by atoms with van der Waals surface area (Å²) in [5.41, 5.74) is 2.08. The molecule has 6 heteroatoms. The van der Waals surface area contributed by atoms with Crippen LogP contribution in [0.5, 0.6) is 0 Å². The van der Waals surface area contributed by atoms with Crippen LogP contribution in [-0.2, 0) is 4.79 Å². The summed E-state index contributed by atoms with van der Waals surface area (Å²) < 4.78 is 36.1. The number of carbonyl (C=O) groups excluding carboxylic acids is 1. The van der Waals surface area contributed by atoms with Gasteiger partial charge in [-0.25, -0.2) is 0 Å². The van der Waals surface area contributed by atoms with E-state index in [-0.39, 0.29) is 6.04 Å². The number of carbonyl (C=O) groups is 1. The molecule has 1 aromatic carbocycles. The Kier molecular flexibility index (Phi) is 5.56. The Morgan fingerprint density at radius 2 is 1.85 bits per heavy atom. The maximum Gasteiger partial charge on any atom is 0.405 e. The molecule has 0 saturated carbocycles. The number of aryl methyl sites for hydroxylation is 1. The van der Waals surface area contributed by atoms with Crippen LogP contribution in [0.15, 0.2) is 24.3 Å². The molecule has 0 aromatic heterocycles. The van der Waals surface area contributed by atoms with E-state index >= 15 is 0 Å². The molecule has 1 aromatic rings. The highest BCUT2D eigenvalue weighted by Crippen LogP contribution is 2.17. The largest absolute Gasteiger partial charge is 0.405 e. The van der Waals surface area contributed by atoms with Gasteiger partial charge in [0, 0.05) is 6.04 Å². The fourth-order valence-corrected chi connectivity index (χ4v) is 1.95. The number of rotatable bonds is 5. The van der Waals surface area contributed by atoms with E-state index in [0.717, 1.165) is 11.1 Å². The van der Waals surface area contributed by atoms with Crippen molar-refractivity contribution in [2.24, 2.45) is 0 Å². The lowest BCUT2D eigenvalue weighted by molar-refractivity contribution is -0.139. The zero-order valence-corrected chi connectivity index (χ0v) is 11.7. The minimum absolute atomic E-state index is 0.122. The van der Waals surface area contributed by atoms with Crippen LogP contribution in [0, 0.1) is 6.92 Å². The summed E-state index contributed by atoms with van der Waals surface area (Å²) in [4.78, 5) is 11.6. The summed E-state index contributed by atoms with van der Waals surface area (Å²) >= 11 is 0. The molecule has 1 unspecified atom stereocenters. The maximum atomic E-state index is 12.0. The fraction of sp³-hybridized carbons (Fsp3) is 0.500. The Morgan fingerprint density at radius 1 is 1.25 bits per heavy atom. The first kappa shape index (κ1) is 16.5. The van der Waals surface area contributed by atoms with Gasteiger partial charge in [0.2, 0.25) is 5.91 Å². The monoisotopic (exact) mass is 288 g/mol. The number of alkyl halides is 3. The number of hydrogen-bond donors (Lipinski definition) is 2. The van der Waals surface area contributed by atoms with Crippen molar-refractivity contribution in [2.75, 3.05) is 6.54 Å². The third kappa shape index (κ3) is 5.21. The Bertz CT molecular complexity index is 460. The van der Waals surface area contributed by atoms with Crippen molar-refractivity contribution >= 4 is 5.91 Å². The van der Waals surface area contributed by atoms with Gasteiger partial charge in [-0.05, 0) is 31.9 Å². The minimum Gasteiger partial charge on any atom is -0.346 e. The van der Waals surface area contributed by atoms with Crippen molar-refractivity contribution in [1.82, 2.24) is 10.6 Å². The summed E-state index contributed by atoms with van der Waals surface area (Å²) in [6.45, 7) is 4.05. The molecule has 0 bridgehead atoms. The molecule has 112 valence electrons. The van der Waals surface area contributed by atoms with Gasteiger partial charge >= 0.3 is 6.18 Å². The van der Waals surface area contributed by atoms with E-state index in [2.05, 4.69) is 5.32 Å². The summed E-state index contributed by atoms with van der Waals surface area (Å²) in [5.74, 6) is -0.664. The van der Waals surface area contributed by atoms with Crippen molar-refractivity contribution in [3.8, 4) is 0 Å². The molecule has 0 aliphatic heterocycles. The van der Waals surface area contributed by atoms with Crippen LogP contribution in [0.1, 0.15) is 31.0 Å². The molecule has 0 spiro atoms. The lowest BCUT2D eigenvalue weighted by atomic mass is 10.0. The standard InChI is InChI=1S/C14H19F3N2O/c1-9-6-4-5-7-12(9)10(2)19-11(3)13(20)18-8-14(15,16)17/h4-7,10-11,19H,8H2,1-3H3,(H,18,20)/t10-,11?/m1/s1. The quantitative estimate of drug-likeness (QED) is 0.874. The van der Waals surface area contributed by atoms with Crippen LogP contribution in [0.3, 0.4) is 0 Å². The summed E-state index contributed by atoms with van der Waals surface area (Å²) in [6.07, 6.45) is -4.39. The Morgan fingerprint density at radius 3 is 2.40 bits per heavy atom. The normalized spacial score (nSPS) is 14.7. The molecule has 0 fully saturated rings. The second-order valence-corrected chi connectivity index (χ2v) is 4.80. The second kappa shape index (κ2) is 6.74. The van der Waals surface area contributed by atoms with Crippen LogP contribution in [0.25, 0.3) is 0 Å². The van der Waals surface area contributed by atoms with E-state index in [1.54, 1.807) is 6.92 Å². The highest BCUT2D eigenvalue weighted by atomic mass is 19.4. The molecule has 2 N–H and O–H groups in total. The maximum absolute atomic E-state index is 12.0. The minimum atomic E-state index is -4.39. The van der Waals surface area contributed by atoms with E-state index < -0.39 is 24.7 Å². The molecule has 0 radical (unpaired) electrons. The Balaban J connectivity index is 2.55. The molecule has 0 aliphatic rings. The first-order valence-corrected chi connectivity index (χ1v) is 6.36. The van der Waals surface area contributed by atoms with Gasteiger partial charge in [0.05, 0.1) is 6.04 Å². The van der Waals surface area contributed by atoms with Crippen molar-refractivity contribution in [3.05, 3.63) is 35.4 Å². The van der Waals surface area contributed by atoms with Crippen LogP contribution in [-0.4, -0.2) is 24.7 Å². The lowest BCUT2D eigenvalue weighted by Crippen LogP contribution is -2.45. The van der Waals surface area contributed by atoms with Gasteiger partial charge in [-0.15, -0.1) is 0 Å². The summed E-state index contributed by atoms with van der Waals surface area (Å²) in [7, 11) is 0. The van der Waals surface area contributed by atoms with Gasteiger partial charge in [-0.3, -0.25) is 10.1 Å². The predicted octanol–water partition coefficient (Wildman–Crippen LogP) is 2.71. The van der Waals surface area contributed by atoms with E-state index in [0.29, 0.717) is 0 Å². The number of benzene rings is 1. The van der Waals surface area contributed by atoms with Gasteiger partial charge in [-0.2, -0.15) is 13.2 Å². The molecule has 1 rings (SSSR count). The molecule has 0 heterocycles. The smallest absolute Gasteiger partial charge is 0.346 e. The molecular weight excluding hydrogens is 269 g/mol. The second-order valence-electron chi connectivity index (χ2n) is 4.80. The van der Waals surface area contributed by atoms with Crippen LogP contribution < -0.4 is 10.6 Å². The first-order valence-electron chi connectivity index (χ1n) is 6.36. The average Bonchev–Trinajstić information content (AvgIpc) is 2.35. The highest BCUT2D eigenvalue weighted by molar-refractivity contribution is 5.81. The van der Waals surface area contributed by atoms with E-state index in [9.17, 15) is 18.0 Å². The van der Waals surface area contributed by atoms with Crippen molar-refractivity contribution in [3.63, 3.8) is 0 Å². The lowest BCUT2D eigenvalue weighted by Gasteiger charge is -2.21. The summed E-state index contributed by atoms with van der Waals surface area (Å²) in [5, 5.41) is 4.86. The van der Waals surface area contributed by atoms with Gasteiger partial charge in [-0.1, -0.05) is 24.3 Å². The zero-order chi connectivity index (χ0) is 15.3. The zero-order valence-electron chi connectivity index (χ0n) is 11.7. The third-order valence-corrected chi connectivity index (χ3v) is 3.01. The van der Waals surface area contributed by atoms with Crippen molar-refractivity contribution < 1.29 is 18.0 Å². The number of hydrogen-bond acceptors (Lipinski definition) is 2. The van der Waals surface area contributed by atoms with Crippen LogP contribution in [0.4, 0.5) is 13.2 Å². The number of nitrogens with one attached hydrogen (secondary N) is 2. The van der Waals surface area contributed by atoms with Crippen molar-refractivity contribution in [2.45, 2.75) is 39.0 Å². The van der Waals surface area contributed by atoms with E-state index in [1.807, 2.05) is 43.4 Å². The molecule has 0 saturated heterocycles. The molecule has 3 nitrogen and oxygen atoms in total. The topological polar surface area (TPSA) is 41.1 Å². The highest BCUT2D eigenvalue weighted by Gasteiger charge is 2.29. The number of amides is 1. The fourth-order valence-electron chi connectivity index (χ4n) is 1.95. The van der Waals surface area contributed by atoms with Crippen LogP contribution >= 0.6 is 0 Å². The number of halogens is 3. The Labute approximate surface area is 116 Å². The molecular formula is C14H19F3N2O. The van der Waals surface area contributed by atoms with E-state index in [1.165, 1.54) is 0 Å². The van der Waals surface area contributed by atoms with Gasteiger partial charge in [0.15, 0.2) is 0 Å². The van der Waals surface area contributed by atoms with Gasteiger partial charge in [0.25, 0.3) is 0 Å². The third-order valence-electron chi connectivity index (χ3n) is 3.01. The average molecular weight is 288 g/mol. The molecule has 0 aliphatic carbocycles. The van der Waals surface area contributed by atoms with Crippen molar-refractivity contribution in [1.29, 1.82) is 0 Å². The Hall–Kier alpha value is -1.56. The molecule has 1 amide bonds. The van der Waals surface area contributed by atoms with E-state index in [4.69, 9.17) is 0 Å². The first-order chi connectivity index (χ1) is 9.20.